The van der Waals surface area contributed by atoms with Crippen molar-refractivity contribution in [3.63, 3.8) is 0 Å². The van der Waals surface area contributed by atoms with E-state index in [1.165, 1.54) is 18.4 Å². The van der Waals surface area contributed by atoms with Crippen molar-refractivity contribution in [2.75, 3.05) is 26.3 Å². The van der Waals surface area contributed by atoms with Gasteiger partial charge in [0.2, 0.25) is 5.89 Å². The van der Waals surface area contributed by atoms with Gasteiger partial charge in [-0.15, -0.1) is 0 Å². The van der Waals surface area contributed by atoms with E-state index in [-0.39, 0.29) is 0 Å². The number of piperidine rings is 1. The van der Waals surface area contributed by atoms with Crippen LogP contribution in [-0.4, -0.2) is 41.3 Å². The molecule has 5 nitrogen and oxygen atoms in total. The molecule has 0 aliphatic carbocycles. The van der Waals surface area contributed by atoms with Gasteiger partial charge in [0.25, 0.3) is 0 Å². The van der Waals surface area contributed by atoms with Gasteiger partial charge in [-0.2, -0.15) is 4.98 Å². The number of aromatic nitrogens is 2. The molecule has 0 radical (unpaired) electrons. The molecule has 5 heteroatoms. The Morgan fingerprint density at radius 3 is 2.67 bits per heavy atom. The molecule has 1 atom stereocenters. The zero-order valence-corrected chi connectivity index (χ0v) is 14.1. The predicted molar refractivity (Wildman–Crippen MR) is 90.6 cm³/mol. The van der Waals surface area contributed by atoms with E-state index in [1.807, 2.05) is 0 Å². The first-order valence-electron chi connectivity index (χ1n) is 9.03. The van der Waals surface area contributed by atoms with Crippen molar-refractivity contribution in [1.29, 1.82) is 0 Å². The molecule has 2 aliphatic heterocycles. The fraction of sp³-hybridized carbons (Fsp3) is 0.579. The Morgan fingerprint density at radius 2 is 1.92 bits per heavy atom. The topological polar surface area (TPSA) is 51.4 Å². The lowest BCUT2D eigenvalue weighted by molar-refractivity contribution is 0.171. The summed E-state index contributed by atoms with van der Waals surface area (Å²) in [4.78, 5) is 7.14. The van der Waals surface area contributed by atoms with Crippen molar-refractivity contribution in [1.82, 2.24) is 15.0 Å². The average molecular weight is 327 g/mol. The molecule has 0 N–H and O–H groups in total. The third-order valence-corrected chi connectivity index (χ3v) is 5.20. The molecule has 2 aliphatic rings. The maximum Gasteiger partial charge on any atom is 0.226 e. The van der Waals surface area contributed by atoms with Crippen LogP contribution in [0.25, 0.3) is 0 Å². The Labute approximate surface area is 143 Å². The molecule has 2 aromatic rings. The van der Waals surface area contributed by atoms with E-state index in [9.17, 15) is 0 Å². The van der Waals surface area contributed by atoms with Crippen LogP contribution in [0.5, 0.6) is 0 Å². The average Bonchev–Trinajstić information content (AvgIpc) is 3.29. The van der Waals surface area contributed by atoms with Gasteiger partial charge in [0.05, 0.1) is 6.61 Å². The number of ether oxygens (including phenoxy) is 1. The molecular formula is C19H25N3O2. The third kappa shape index (κ3) is 3.84. The summed E-state index contributed by atoms with van der Waals surface area (Å²) < 4.78 is 10.9. The SMILES string of the molecule is c1ccc(CN2CCC(Cc3nc([C@@H]4CCOC4)no3)CC2)cc1. The maximum atomic E-state index is 5.47. The molecule has 0 bridgehead atoms. The Morgan fingerprint density at radius 1 is 1.08 bits per heavy atom. The van der Waals surface area contributed by atoms with Crippen LogP contribution < -0.4 is 0 Å². The molecule has 0 unspecified atom stereocenters. The Kier molecular flexibility index (Phi) is 4.90. The lowest BCUT2D eigenvalue weighted by Gasteiger charge is -2.31. The third-order valence-electron chi connectivity index (χ3n) is 5.20. The number of benzene rings is 1. The number of nitrogens with zero attached hydrogens (tertiary/aromatic N) is 3. The van der Waals surface area contributed by atoms with E-state index in [4.69, 9.17) is 9.26 Å². The first-order valence-corrected chi connectivity index (χ1v) is 9.03. The Hall–Kier alpha value is -1.72. The minimum atomic E-state index is 0.329. The van der Waals surface area contributed by atoms with Crippen LogP contribution in [0, 0.1) is 5.92 Å². The molecular weight excluding hydrogens is 302 g/mol. The van der Waals surface area contributed by atoms with E-state index < -0.39 is 0 Å². The predicted octanol–water partition coefficient (Wildman–Crippen LogP) is 3.03. The highest BCUT2D eigenvalue weighted by atomic mass is 16.5. The van der Waals surface area contributed by atoms with Gasteiger partial charge in [-0.1, -0.05) is 35.5 Å². The van der Waals surface area contributed by atoms with Crippen molar-refractivity contribution in [3.05, 3.63) is 47.6 Å². The molecule has 2 saturated heterocycles. The molecule has 0 amide bonds. The lowest BCUT2D eigenvalue weighted by Crippen LogP contribution is -2.33. The highest BCUT2D eigenvalue weighted by Crippen LogP contribution is 2.25. The fourth-order valence-corrected chi connectivity index (χ4v) is 3.69. The van der Waals surface area contributed by atoms with E-state index in [2.05, 4.69) is 45.4 Å². The number of rotatable bonds is 5. The largest absolute Gasteiger partial charge is 0.381 e. The lowest BCUT2D eigenvalue weighted by atomic mass is 9.93. The van der Waals surface area contributed by atoms with Crippen LogP contribution in [0.2, 0.25) is 0 Å². The van der Waals surface area contributed by atoms with Crippen LogP contribution in [0.1, 0.15) is 42.5 Å². The van der Waals surface area contributed by atoms with Crippen LogP contribution in [0.4, 0.5) is 0 Å². The first kappa shape index (κ1) is 15.8. The van der Waals surface area contributed by atoms with Gasteiger partial charge < -0.3 is 9.26 Å². The van der Waals surface area contributed by atoms with Gasteiger partial charge in [0.15, 0.2) is 5.82 Å². The van der Waals surface area contributed by atoms with E-state index in [1.54, 1.807) is 0 Å². The van der Waals surface area contributed by atoms with Crippen molar-refractivity contribution in [3.8, 4) is 0 Å². The summed E-state index contributed by atoms with van der Waals surface area (Å²) in [6.07, 6.45) is 4.34. The standard InChI is InChI=1S/C19H25N3O2/c1-2-4-16(5-3-1)13-22-9-6-15(7-10-22)12-18-20-19(21-24-18)17-8-11-23-14-17/h1-5,15,17H,6-14H2/t17-/m1/s1. The monoisotopic (exact) mass is 327 g/mol. The zero-order valence-electron chi connectivity index (χ0n) is 14.1. The second-order valence-electron chi connectivity index (χ2n) is 7.02. The van der Waals surface area contributed by atoms with Crippen LogP contribution >= 0.6 is 0 Å². The van der Waals surface area contributed by atoms with Crippen molar-refractivity contribution < 1.29 is 9.26 Å². The Balaban J connectivity index is 1.26. The molecule has 0 spiro atoms. The van der Waals surface area contributed by atoms with E-state index in [0.717, 1.165) is 57.4 Å². The highest BCUT2D eigenvalue weighted by Gasteiger charge is 2.25. The zero-order chi connectivity index (χ0) is 16.2. The fourth-order valence-electron chi connectivity index (χ4n) is 3.69. The minimum Gasteiger partial charge on any atom is -0.381 e. The summed E-state index contributed by atoms with van der Waals surface area (Å²) in [5.41, 5.74) is 1.40. The highest BCUT2D eigenvalue weighted by molar-refractivity contribution is 5.14. The second kappa shape index (κ2) is 7.45. The van der Waals surface area contributed by atoms with Crippen molar-refractivity contribution in [2.45, 2.75) is 38.1 Å². The quantitative estimate of drug-likeness (QED) is 0.845. The van der Waals surface area contributed by atoms with E-state index >= 15 is 0 Å². The number of hydrogen-bond acceptors (Lipinski definition) is 5. The van der Waals surface area contributed by atoms with Gasteiger partial charge in [0, 0.05) is 25.5 Å². The summed E-state index contributed by atoms with van der Waals surface area (Å²) in [7, 11) is 0. The first-order chi connectivity index (χ1) is 11.9. The van der Waals surface area contributed by atoms with Crippen molar-refractivity contribution >= 4 is 0 Å². The molecule has 128 valence electrons. The Bertz CT molecular complexity index is 629. The van der Waals surface area contributed by atoms with E-state index in [0.29, 0.717) is 11.8 Å². The van der Waals surface area contributed by atoms with Crippen LogP contribution in [0.3, 0.4) is 0 Å². The van der Waals surface area contributed by atoms with Crippen molar-refractivity contribution in [2.24, 2.45) is 5.92 Å². The van der Waals surface area contributed by atoms with Gasteiger partial charge in [0.1, 0.15) is 0 Å². The summed E-state index contributed by atoms with van der Waals surface area (Å²) in [5, 5.41) is 4.16. The summed E-state index contributed by atoms with van der Waals surface area (Å²) in [5.74, 6) is 2.63. The summed E-state index contributed by atoms with van der Waals surface area (Å²) >= 11 is 0. The molecule has 3 heterocycles. The minimum absolute atomic E-state index is 0.329. The normalized spacial score (nSPS) is 22.9. The molecule has 24 heavy (non-hydrogen) atoms. The summed E-state index contributed by atoms with van der Waals surface area (Å²) in [6, 6.07) is 10.7. The molecule has 4 rings (SSSR count). The maximum absolute atomic E-state index is 5.47. The summed E-state index contributed by atoms with van der Waals surface area (Å²) in [6.45, 7) is 4.90. The van der Waals surface area contributed by atoms with Crippen LogP contribution in [-0.2, 0) is 17.7 Å². The molecule has 2 fully saturated rings. The van der Waals surface area contributed by atoms with Gasteiger partial charge in [-0.3, -0.25) is 4.90 Å². The number of hydrogen-bond donors (Lipinski definition) is 0. The second-order valence-corrected chi connectivity index (χ2v) is 7.02. The number of likely N-dealkylation sites (tertiary alicyclic amines) is 1. The molecule has 1 aromatic carbocycles. The van der Waals surface area contributed by atoms with Crippen LogP contribution in [0.15, 0.2) is 34.9 Å². The van der Waals surface area contributed by atoms with Gasteiger partial charge in [-0.05, 0) is 43.8 Å². The van der Waals surface area contributed by atoms with Gasteiger partial charge >= 0.3 is 0 Å². The molecule has 0 saturated carbocycles. The smallest absolute Gasteiger partial charge is 0.226 e. The molecule has 1 aromatic heterocycles. The van der Waals surface area contributed by atoms with Gasteiger partial charge in [-0.25, -0.2) is 0 Å².